The summed E-state index contributed by atoms with van der Waals surface area (Å²) in [5, 5.41) is 27.2. The standard InChI is InChI=1S/C10H12F2O4/c11-10(12)16-7-3-1-6(2-4-7)9(15)8(14)5-13/h1-4,8-10,13-15H,5H2. The zero-order chi connectivity index (χ0) is 12.1. The number of ether oxygens (including phenoxy) is 1. The number of rotatable bonds is 5. The number of hydrogen-bond acceptors (Lipinski definition) is 4. The van der Waals surface area contributed by atoms with Crippen molar-refractivity contribution in [2.45, 2.75) is 18.8 Å². The molecule has 16 heavy (non-hydrogen) atoms. The van der Waals surface area contributed by atoms with Crippen LogP contribution in [0, 0.1) is 0 Å². The van der Waals surface area contributed by atoms with Crippen molar-refractivity contribution < 1.29 is 28.8 Å². The Morgan fingerprint density at radius 3 is 2.12 bits per heavy atom. The Morgan fingerprint density at radius 1 is 1.12 bits per heavy atom. The van der Waals surface area contributed by atoms with Crippen molar-refractivity contribution in [2.75, 3.05) is 6.61 Å². The molecule has 0 heterocycles. The molecule has 2 atom stereocenters. The van der Waals surface area contributed by atoms with E-state index < -0.39 is 25.4 Å². The third-order valence-electron chi connectivity index (χ3n) is 2.00. The smallest absolute Gasteiger partial charge is 0.387 e. The van der Waals surface area contributed by atoms with Crippen molar-refractivity contribution in [3.05, 3.63) is 29.8 Å². The van der Waals surface area contributed by atoms with Gasteiger partial charge in [0.1, 0.15) is 18.0 Å². The highest BCUT2D eigenvalue weighted by Crippen LogP contribution is 2.21. The predicted molar refractivity (Wildman–Crippen MR) is 51.1 cm³/mol. The maximum absolute atomic E-state index is 11.8. The lowest BCUT2D eigenvalue weighted by molar-refractivity contribution is -0.0499. The van der Waals surface area contributed by atoms with Gasteiger partial charge in [-0.15, -0.1) is 0 Å². The van der Waals surface area contributed by atoms with Gasteiger partial charge < -0.3 is 20.1 Å². The molecule has 0 bridgehead atoms. The Kier molecular flexibility index (Phi) is 4.60. The number of alkyl halides is 2. The maximum Gasteiger partial charge on any atom is 0.387 e. The van der Waals surface area contributed by atoms with Crippen molar-refractivity contribution in [1.29, 1.82) is 0 Å². The van der Waals surface area contributed by atoms with Crippen molar-refractivity contribution >= 4 is 0 Å². The first kappa shape index (κ1) is 12.8. The van der Waals surface area contributed by atoms with E-state index in [0.29, 0.717) is 5.56 Å². The van der Waals surface area contributed by atoms with Crippen LogP contribution in [0.3, 0.4) is 0 Å². The monoisotopic (exact) mass is 234 g/mol. The van der Waals surface area contributed by atoms with Gasteiger partial charge in [-0.3, -0.25) is 0 Å². The average Bonchev–Trinajstić information content (AvgIpc) is 2.27. The molecule has 0 radical (unpaired) electrons. The molecular weight excluding hydrogens is 222 g/mol. The molecule has 1 aromatic rings. The van der Waals surface area contributed by atoms with E-state index in [1.54, 1.807) is 0 Å². The van der Waals surface area contributed by atoms with Crippen molar-refractivity contribution in [3.63, 3.8) is 0 Å². The molecule has 1 rings (SSSR count). The molecule has 0 fully saturated rings. The molecule has 3 N–H and O–H groups in total. The second kappa shape index (κ2) is 5.74. The van der Waals surface area contributed by atoms with Crippen LogP contribution in [0.25, 0.3) is 0 Å². The first-order chi connectivity index (χ1) is 7.54. The van der Waals surface area contributed by atoms with Gasteiger partial charge in [0.15, 0.2) is 0 Å². The molecular formula is C10H12F2O4. The molecule has 4 nitrogen and oxygen atoms in total. The summed E-state index contributed by atoms with van der Waals surface area (Å²) in [4.78, 5) is 0. The normalized spacial score (nSPS) is 14.9. The topological polar surface area (TPSA) is 69.9 Å². The molecule has 0 amide bonds. The maximum atomic E-state index is 11.8. The summed E-state index contributed by atoms with van der Waals surface area (Å²) < 4.78 is 27.7. The van der Waals surface area contributed by atoms with Crippen LogP contribution in [-0.4, -0.2) is 34.6 Å². The molecule has 0 spiro atoms. The molecule has 90 valence electrons. The van der Waals surface area contributed by atoms with Crippen molar-refractivity contribution in [3.8, 4) is 5.75 Å². The molecule has 0 saturated heterocycles. The van der Waals surface area contributed by atoms with Gasteiger partial charge in [-0.1, -0.05) is 12.1 Å². The Bertz CT molecular complexity index is 315. The van der Waals surface area contributed by atoms with Crippen molar-refractivity contribution in [1.82, 2.24) is 0 Å². The average molecular weight is 234 g/mol. The van der Waals surface area contributed by atoms with E-state index >= 15 is 0 Å². The fourth-order valence-corrected chi connectivity index (χ4v) is 1.17. The van der Waals surface area contributed by atoms with Crippen LogP contribution in [0.4, 0.5) is 8.78 Å². The van der Waals surface area contributed by atoms with Gasteiger partial charge in [0.05, 0.1) is 6.61 Å². The van der Waals surface area contributed by atoms with Gasteiger partial charge in [0.25, 0.3) is 0 Å². The molecule has 0 aromatic heterocycles. The Labute approximate surface area is 90.7 Å². The summed E-state index contributed by atoms with van der Waals surface area (Å²) in [5.74, 6) is -0.0376. The predicted octanol–water partition coefficient (Wildman–Crippen LogP) is 0.675. The lowest BCUT2D eigenvalue weighted by Crippen LogP contribution is -2.21. The summed E-state index contributed by atoms with van der Waals surface area (Å²) in [5.41, 5.74) is 0.308. The van der Waals surface area contributed by atoms with Crippen LogP contribution in [0.15, 0.2) is 24.3 Å². The number of aliphatic hydroxyl groups excluding tert-OH is 3. The minimum absolute atomic E-state index is 0.0376. The first-order valence-electron chi connectivity index (χ1n) is 4.56. The van der Waals surface area contributed by atoms with E-state index in [1.165, 1.54) is 24.3 Å². The van der Waals surface area contributed by atoms with Crippen LogP contribution in [0.1, 0.15) is 11.7 Å². The van der Waals surface area contributed by atoms with Crippen LogP contribution >= 0.6 is 0 Å². The van der Waals surface area contributed by atoms with E-state index in [9.17, 15) is 13.9 Å². The summed E-state index contributed by atoms with van der Waals surface area (Å²) in [6, 6.07) is 5.16. The third kappa shape index (κ3) is 3.41. The minimum atomic E-state index is -2.90. The lowest BCUT2D eigenvalue weighted by atomic mass is 10.1. The highest BCUT2D eigenvalue weighted by molar-refractivity contribution is 5.29. The van der Waals surface area contributed by atoms with E-state index in [-0.39, 0.29) is 5.75 Å². The fourth-order valence-electron chi connectivity index (χ4n) is 1.17. The van der Waals surface area contributed by atoms with Crippen LogP contribution in [0.2, 0.25) is 0 Å². The van der Waals surface area contributed by atoms with Gasteiger partial charge >= 0.3 is 6.61 Å². The molecule has 0 saturated carbocycles. The number of hydrogen-bond donors (Lipinski definition) is 3. The Balaban J connectivity index is 2.70. The van der Waals surface area contributed by atoms with Gasteiger partial charge in [0.2, 0.25) is 0 Å². The number of benzene rings is 1. The molecule has 0 aliphatic carbocycles. The Morgan fingerprint density at radius 2 is 1.69 bits per heavy atom. The summed E-state index contributed by atoms with van der Waals surface area (Å²) in [6.07, 6.45) is -2.56. The second-order valence-electron chi connectivity index (χ2n) is 3.14. The lowest BCUT2D eigenvalue weighted by Gasteiger charge is -2.16. The van der Waals surface area contributed by atoms with E-state index in [1.807, 2.05) is 0 Å². The van der Waals surface area contributed by atoms with E-state index in [2.05, 4.69) is 4.74 Å². The Hall–Kier alpha value is -1.24. The summed E-state index contributed by atoms with van der Waals surface area (Å²) in [7, 11) is 0. The molecule has 2 unspecified atom stereocenters. The van der Waals surface area contributed by atoms with Crippen LogP contribution in [0.5, 0.6) is 5.75 Å². The SMILES string of the molecule is OCC(O)C(O)c1ccc(OC(F)F)cc1. The number of aliphatic hydroxyl groups is 3. The number of halogens is 2. The molecule has 0 aliphatic rings. The second-order valence-corrected chi connectivity index (χ2v) is 3.14. The van der Waals surface area contributed by atoms with E-state index in [0.717, 1.165) is 0 Å². The largest absolute Gasteiger partial charge is 0.435 e. The zero-order valence-electron chi connectivity index (χ0n) is 8.25. The van der Waals surface area contributed by atoms with E-state index in [4.69, 9.17) is 10.2 Å². The molecule has 1 aromatic carbocycles. The first-order valence-corrected chi connectivity index (χ1v) is 4.56. The summed E-state index contributed by atoms with van der Waals surface area (Å²) >= 11 is 0. The fraction of sp³-hybridized carbons (Fsp3) is 0.400. The van der Waals surface area contributed by atoms with Gasteiger partial charge in [-0.25, -0.2) is 0 Å². The molecule has 6 heteroatoms. The molecule has 0 aliphatic heterocycles. The summed E-state index contributed by atoms with van der Waals surface area (Å²) in [6.45, 7) is -3.49. The highest BCUT2D eigenvalue weighted by Gasteiger charge is 2.17. The van der Waals surface area contributed by atoms with Crippen LogP contribution in [-0.2, 0) is 0 Å². The van der Waals surface area contributed by atoms with Crippen LogP contribution < -0.4 is 4.74 Å². The van der Waals surface area contributed by atoms with Gasteiger partial charge in [-0.05, 0) is 17.7 Å². The highest BCUT2D eigenvalue weighted by atomic mass is 19.3. The zero-order valence-corrected chi connectivity index (χ0v) is 8.25. The van der Waals surface area contributed by atoms with Crippen molar-refractivity contribution in [2.24, 2.45) is 0 Å². The quantitative estimate of drug-likeness (QED) is 0.700. The third-order valence-corrected chi connectivity index (χ3v) is 2.00. The van der Waals surface area contributed by atoms with Gasteiger partial charge in [0, 0.05) is 0 Å². The minimum Gasteiger partial charge on any atom is -0.435 e. The van der Waals surface area contributed by atoms with Gasteiger partial charge in [-0.2, -0.15) is 8.78 Å².